The second-order valence-corrected chi connectivity index (χ2v) is 6.21. The quantitative estimate of drug-likeness (QED) is 0.801. The topological polar surface area (TPSA) is 24.5 Å². The van der Waals surface area contributed by atoms with Gasteiger partial charge in [-0.1, -0.05) is 33.1 Å². The number of likely N-dealkylation sites (N-methyl/N-ethyl adjacent to an activating group) is 1. The molecule has 2 atom stereocenters. The van der Waals surface area contributed by atoms with Gasteiger partial charge in [0.2, 0.25) is 0 Å². The van der Waals surface area contributed by atoms with Gasteiger partial charge >= 0.3 is 0 Å². The van der Waals surface area contributed by atoms with Crippen LogP contribution in [-0.2, 0) is 4.74 Å². The fraction of sp³-hybridized carbons (Fsp3) is 1.00. The standard InChI is InChI=1S/C16H32N2O/c1-3-16(14-8-6-5-7-9-14)17-12-15-13-18(4-2)10-11-19-15/h14-17H,3-13H2,1-2H3. The SMILES string of the molecule is CCC(NCC1CN(CC)CCO1)C1CCCCC1. The molecule has 1 aliphatic heterocycles. The molecule has 0 radical (unpaired) electrons. The van der Waals surface area contributed by atoms with Gasteiger partial charge in [-0.05, 0) is 31.7 Å². The molecule has 0 spiro atoms. The zero-order valence-electron chi connectivity index (χ0n) is 12.9. The molecule has 0 aromatic heterocycles. The van der Waals surface area contributed by atoms with Crippen LogP contribution in [0, 0.1) is 5.92 Å². The third kappa shape index (κ3) is 4.73. The fourth-order valence-electron chi connectivity index (χ4n) is 3.65. The molecule has 0 amide bonds. The summed E-state index contributed by atoms with van der Waals surface area (Å²) < 4.78 is 5.89. The molecular weight excluding hydrogens is 236 g/mol. The third-order valence-electron chi connectivity index (χ3n) is 4.94. The van der Waals surface area contributed by atoms with Gasteiger partial charge in [-0.3, -0.25) is 4.90 Å². The lowest BCUT2D eigenvalue weighted by molar-refractivity contribution is -0.0274. The average Bonchev–Trinajstić information content (AvgIpc) is 2.49. The predicted molar refractivity (Wildman–Crippen MR) is 80.5 cm³/mol. The number of nitrogens with zero attached hydrogens (tertiary/aromatic N) is 1. The molecule has 2 rings (SSSR count). The fourth-order valence-corrected chi connectivity index (χ4v) is 3.65. The normalized spacial score (nSPS) is 28.4. The summed E-state index contributed by atoms with van der Waals surface area (Å²) in [5, 5.41) is 3.80. The molecule has 3 heteroatoms. The van der Waals surface area contributed by atoms with Gasteiger partial charge in [0.05, 0.1) is 12.7 Å². The second-order valence-electron chi connectivity index (χ2n) is 6.21. The summed E-state index contributed by atoms with van der Waals surface area (Å²) in [5.41, 5.74) is 0. The minimum Gasteiger partial charge on any atom is -0.374 e. The van der Waals surface area contributed by atoms with Crippen molar-refractivity contribution in [3.05, 3.63) is 0 Å². The highest BCUT2D eigenvalue weighted by atomic mass is 16.5. The highest BCUT2D eigenvalue weighted by molar-refractivity contribution is 4.81. The van der Waals surface area contributed by atoms with Gasteiger partial charge in [0.1, 0.15) is 0 Å². The largest absolute Gasteiger partial charge is 0.374 e. The van der Waals surface area contributed by atoms with E-state index in [4.69, 9.17) is 4.74 Å². The van der Waals surface area contributed by atoms with E-state index in [1.54, 1.807) is 0 Å². The van der Waals surface area contributed by atoms with Crippen LogP contribution in [0.5, 0.6) is 0 Å². The van der Waals surface area contributed by atoms with Crippen molar-refractivity contribution >= 4 is 0 Å². The van der Waals surface area contributed by atoms with E-state index in [9.17, 15) is 0 Å². The van der Waals surface area contributed by atoms with Crippen molar-refractivity contribution in [3.63, 3.8) is 0 Å². The summed E-state index contributed by atoms with van der Waals surface area (Å²) in [6.07, 6.45) is 8.83. The van der Waals surface area contributed by atoms with Crippen LogP contribution in [0.15, 0.2) is 0 Å². The number of hydrogen-bond acceptors (Lipinski definition) is 3. The van der Waals surface area contributed by atoms with Gasteiger partial charge in [0, 0.05) is 25.7 Å². The van der Waals surface area contributed by atoms with E-state index < -0.39 is 0 Å². The zero-order chi connectivity index (χ0) is 13.5. The maximum absolute atomic E-state index is 5.89. The first-order valence-electron chi connectivity index (χ1n) is 8.40. The molecule has 2 fully saturated rings. The monoisotopic (exact) mass is 268 g/mol. The van der Waals surface area contributed by atoms with Crippen LogP contribution in [0.1, 0.15) is 52.4 Å². The maximum atomic E-state index is 5.89. The Morgan fingerprint density at radius 1 is 1.21 bits per heavy atom. The van der Waals surface area contributed by atoms with E-state index in [0.29, 0.717) is 12.1 Å². The van der Waals surface area contributed by atoms with E-state index in [2.05, 4.69) is 24.1 Å². The Bertz CT molecular complexity index is 241. The van der Waals surface area contributed by atoms with E-state index in [1.165, 1.54) is 38.5 Å². The molecule has 2 aliphatic rings. The summed E-state index contributed by atoms with van der Waals surface area (Å²) in [6.45, 7) is 9.86. The van der Waals surface area contributed by atoms with Gasteiger partial charge in [-0.25, -0.2) is 0 Å². The summed E-state index contributed by atoms with van der Waals surface area (Å²) >= 11 is 0. The summed E-state index contributed by atoms with van der Waals surface area (Å²) in [5.74, 6) is 0.907. The van der Waals surface area contributed by atoms with Crippen LogP contribution in [0.25, 0.3) is 0 Å². The highest BCUT2D eigenvalue weighted by Gasteiger charge is 2.24. The molecule has 1 aliphatic carbocycles. The Balaban J connectivity index is 1.72. The number of hydrogen-bond donors (Lipinski definition) is 1. The maximum Gasteiger partial charge on any atom is 0.0826 e. The first-order chi connectivity index (χ1) is 9.33. The highest BCUT2D eigenvalue weighted by Crippen LogP contribution is 2.27. The van der Waals surface area contributed by atoms with Crippen molar-refractivity contribution in [1.29, 1.82) is 0 Å². The van der Waals surface area contributed by atoms with Crippen molar-refractivity contribution in [2.24, 2.45) is 5.92 Å². The Morgan fingerprint density at radius 2 is 2.00 bits per heavy atom. The van der Waals surface area contributed by atoms with Crippen molar-refractivity contribution in [2.45, 2.75) is 64.5 Å². The second kappa shape index (κ2) is 8.23. The summed E-state index contributed by atoms with van der Waals surface area (Å²) in [7, 11) is 0. The van der Waals surface area contributed by atoms with E-state index in [-0.39, 0.29) is 0 Å². The Morgan fingerprint density at radius 3 is 2.68 bits per heavy atom. The minimum absolute atomic E-state index is 0.395. The zero-order valence-corrected chi connectivity index (χ0v) is 12.9. The molecule has 0 aromatic rings. The van der Waals surface area contributed by atoms with Crippen molar-refractivity contribution in [1.82, 2.24) is 10.2 Å². The summed E-state index contributed by atoms with van der Waals surface area (Å²) in [4.78, 5) is 2.50. The predicted octanol–water partition coefficient (Wildman–Crippen LogP) is 2.66. The molecule has 1 N–H and O–H groups in total. The molecule has 0 aromatic carbocycles. The molecule has 2 unspecified atom stereocenters. The average molecular weight is 268 g/mol. The van der Waals surface area contributed by atoms with Crippen molar-refractivity contribution < 1.29 is 4.74 Å². The van der Waals surface area contributed by atoms with Gasteiger partial charge < -0.3 is 10.1 Å². The first kappa shape index (κ1) is 15.3. The van der Waals surface area contributed by atoms with Gasteiger partial charge in [-0.2, -0.15) is 0 Å². The molecule has 1 heterocycles. The lowest BCUT2D eigenvalue weighted by Crippen LogP contribution is -2.49. The third-order valence-corrected chi connectivity index (χ3v) is 4.94. The smallest absolute Gasteiger partial charge is 0.0826 e. The van der Waals surface area contributed by atoms with Crippen molar-refractivity contribution in [2.75, 3.05) is 32.8 Å². The first-order valence-corrected chi connectivity index (χ1v) is 8.40. The Hall–Kier alpha value is -0.120. The van der Waals surface area contributed by atoms with Crippen LogP contribution in [0.2, 0.25) is 0 Å². The number of morpholine rings is 1. The van der Waals surface area contributed by atoms with Gasteiger partial charge in [0.25, 0.3) is 0 Å². The Kier molecular flexibility index (Phi) is 6.62. The van der Waals surface area contributed by atoms with E-state index in [0.717, 1.165) is 38.7 Å². The van der Waals surface area contributed by atoms with Gasteiger partial charge in [0.15, 0.2) is 0 Å². The molecule has 1 saturated carbocycles. The number of nitrogens with one attached hydrogen (secondary N) is 1. The number of rotatable bonds is 6. The molecule has 1 saturated heterocycles. The lowest BCUT2D eigenvalue weighted by Gasteiger charge is -2.35. The van der Waals surface area contributed by atoms with E-state index in [1.807, 2.05) is 0 Å². The molecular formula is C16H32N2O. The minimum atomic E-state index is 0.395. The molecule has 112 valence electrons. The van der Waals surface area contributed by atoms with Crippen LogP contribution in [0.3, 0.4) is 0 Å². The van der Waals surface area contributed by atoms with Gasteiger partial charge in [-0.15, -0.1) is 0 Å². The number of ether oxygens (including phenoxy) is 1. The molecule has 19 heavy (non-hydrogen) atoms. The summed E-state index contributed by atoms with van der Waals surface area (Å²) in [6, 6.07) is 0.709. The molecule has 3 nitrogen and oxygen atoms in total. The molecule has 0 bridgehead atoms. The van der Waals surface area contributed by atoms with Crippen LogP contribution in [0.4, 0.5) is 0 Å². The van der Waals surface area contributed by atoms with Crippen LogP contribution < -0.4 is 5.32 Å². The van der Waals surface area contributed by atoms with Crippen LogP contribution in [-0.4, -0.2) is 49.8 Å². The van der Waals surface area contributed by atoms with Crippen LogP contribution >= 0.6 is 0 Å². The van der Waals surface area contributed by atoms with Crippen molar-refractivity contribution in [3.8, 4) is 0 Å². The Labute approximate surface area is 119 Å². The lowest BCUT2D eigenvalue weighted by atomic mass is 9.83. The van der Waals surface area contributed by atoms with E-state index >= 15 is 0 Å².